The van der Waals surface area contributed by atoms with E-state index in [1.807, 2.05) is 4.90 Å². The first-order chi connectivity index (χ1) is 8.65. The topological polar surface area (TPSA) is 15.3 Å². The van der Waals surface area contributed by atoms with Gasteiger partial charge < -0.3 is 5.32 Å². The number of nitrogens with zero attached hydrogens (tertiary/aromatic N) is 1. The highest BCUT2D eigenvalue weighted by Gasteiger charge is 2.24. The minimum absolute atomic E-state index is 0. The molecule has 1 aliphatic rings. The van der Waals surface area contributed by atoms with Gasteiger partial charge in [-0.1, -0.05) is 12.1 Å². The van der Waals surface area contributed by atoms with Crippen LogP contribution in [0.5, 0.6) is 0 Å². The normalized spacial score (nSPS) is 16.8. The summed E-state index contributed by atoms with van der Waals surface area (Å²) >= 11 is 0. The van der Waals surface area contributed by atoms with Gasteiger partial charge in [-0.2, -0.15) is 0 Å². The van der Waals surface area contributed by atoms with E-state index in [4.69, 9.17) is 0 Å². The van der Waals surface area contributed by atoms with Crippen LogP contribution in [-0.4, -0.2) is 31.1 Å². The monoisotopic (exact) mass is 328 g/mol. The minimum Gasteiger partial charge on any atom is -0.314 e. The fraction of sp³-hybridized carbons (Fsp3) is 0.385. The number of hydrogen-bond acceptors (Lipinski definition) is 2. The minimum atomic E-state index is -1.42. The van der Waals surface area contributed by atoms with Gasteiger partial charge in [0.05, 0.1) is 6.04 Å². The lowest BCUT2D eigenvalue weighted by Gasteiger charge is -2.33. The Morgan fingerprint density at radius 2 is 1.70 bits per heavy atom. The van der Waals surface area contributed by atoms with Crippen molar-refractivity contribution in [2.75, 3.05) is 26.2 Å². The van der Waals surface area contributed by atoms with Gasteiger partial charge in [0.2, 0.25) is 0 Å². The summed E-state index contributed by atoms with van der Waals surface area (Å²) in [5, 5.41) is 3.18. The zero-order valence-corrected chi connectivity index (χ0v) is 12.4. The molecule has 20 heavy (non-hydrogen) atoms. The molecule has 1 aliphatic heterocycles. The summed E-state index contributed by atoms with van der Waals surface area (Å²) in [7, 11) is 0. The van der Waals surface area contributed by atoms with Gasteiger partial charge >= 0.3 is 0 Å². The Balaban J connectivity index is 0.00000180. The Hall–Kier alpha value is -0.750. The molecule has 0 saturated carbocycles. The third kappa shape index (κ3) is 3.88. The quantitative estimate of drug-likeness (QED) is 0.677. The molecule has 0 unspecified atom stereocenters. The lowest BCUT2D eigenvalue weighted by atomic mass is 10.0. The van der Waals surface area contributed by atoms with E-state index >= 15 is 0 Å². The van der Waals surface area contributed by atoms with Gasteiger partial charge in [-0.3, -0.25) is 4.90 Å². The summed E-state index contributed by atoms with van der Waals surface area (Å²) in [6.07, 6.45) is 1.56. The fourth-order valence-electron chi connectivity index (χ4n) is 2.20. The van der Waals surface area contributed by atoms with Crippen LogP contribution in [-0.2, 0) is 0 Å². The third-order valence-corrected chi connectivity index (χ3v) is 3.15. The Labute approximate surface area is 128 Å². The molecule has 1 aromatic carbocycles. The second-order valence-corrected chi connectivity index (χ2v) is 4.23. The molecular weight excluding hydrogens is 312 g/mol. The average molecular weight is 329 g/mol. The highest BCUT2D eigenvalue weighted by Crippen LogP contribution is 2.27. The first kappa shape index (κ1) is 19.2. The molecule has 2 nitrogen and oxygen atoms in total. The van der Waals surface area contributed by atoms with Crippen LogP contribution in [0.4, 0.5) is 13.2 Å². The summed E-state index contributed by atoms with van der Waals surface area (Å²) in [4.78, 5) is 1.99. The van der Waals surface area contributed by atoms with Crippen LogP contribution >= 0.6 is 24.8 Å². The zero-order valence-electron chi connectivity index (χ0n) is 10.7. The van der Waals surface area contributed by atoms with Crippen LogP contribution in [0.2, 0.25) is 0 Å². The molecule has 0 spiro atoms. The van der Waals surface area contributed by atoms with E-state index in [0.717, 1.165) is 32.2 Å². The maximum atomic E-state index is 13.7. The van der Waals surface area contributed by atoms with Crippen LogP contribution in [0, 0.1) is 17.5 Å². The van der Waals surface area contributed by atoms with Gasteiger partial charge in [0.15, 0.2) is 17.5 Å². The second-order valence-electron chi connectivity index (χ2n) is 4.23. The van der Waals surface area contributed by atoms with Crippen LogP contribution in [0.1, 0.15) is 11.6 Å². The molecule has 0 radical (unpaired) electrons. The summed E-state index contributed by atoms with van der Waals surface area (Å²) in [5.41, 5.74) is 0.130. The molecule has 2 rings (SSSR count). The van der Waals surface area contributed by atoms with E-state index in [0.29, 0.717) is 0 Å². The number of benzene rings is 1. The van der Waals surface area contributed by atoms with Crippen molar-refractivity contribution in [1.29, 1.82) is 0 Å². The summed E-state index contributed by atoms with van der Waals surface area (Å²) in [6, 6.07) is 1.80. The zero-order chi connectivity index (χ0) is 13.1. The summed E-state index contributed by atoms with van der Waals surface area (Å²) in [5.74, 6) is -3.72. The van der Waals surface area contributed by atoms with Crippen LogP contribution < -0.4 is 5.32 Å². The van der Waals surface area contributed by atoms with E-state index in [1.54, 1.807) is 6.08 Å². The molecule has 0 bridgehead atoms. The highest BCUT2D eigenvalue weighted by atomic mass is 35.5. The molecule has 1 saturated heterocycles. The first-order valence-electron chi connectivity index (χ1n) is 5.86. The van der Waals surface area contributed by atoms with E-state index in [1.165, 1.54) is 6.07 Å². The van der Waals surface area contributed by atoms with E-state index < -0.39 is 23.5 Å². The average Bonchev–Trinajstić information content (AvgIpc) is 2.41. The Bertz CT molecular complexity index is 451. The molecule has 1 atom stereocenters. The van der Waals surface area contributed by atoms with Crippen LogP contribution in [0.15, 0.2) is 24.8 Å². The first-order valence-corrected chi connectivity index (χ1v) is 5.86. The molecule has 1 heterocycles. The van der Waals surface area contributed by atoms with Gasteiger partial charge in [-0.05, 0) is 6.07 Å². The number of halogens is 5. The lowest BCUT2D eigenvalue weighted by Crippen LogP contribution is -2.44. The van der Waals surface area contributed by atoms with Crippen molar-refractivity contribution in [3.8, 4) is 0 Å². The van der Waals surface area contributed by atoms with Crippen molar-refractivity contribution < 1.29 is 13.2 Å². The van der Waals surface area contributed by atoms with E-state index in [2.05, 4.69) is 11.9 Å². The standard InChI is InChI=1S/C13H15F3N2.2ClH/c1-2-11(18-7-5-17-6-8-18)9-3-4-10(14)13(16)12(9)15;;/h2-4,11,17H,1,5-8H2;2*1H/t11-;;/m0../s1. The Morgan fingerprint density at radius 1 is 1.10 bits per heavy atom. The summed E-state index contributed by atoms with van der Waals surface area (Å²) < 4.78 is 39.9. The maximum absolute atomic E-state index is 13.7. The smallest absolute Gasteiger partial charge is 0.194 e. The number of rotatable bonds is 3. The molecular formula is C13H17Cl2F3N2. The lowest BCUT2D eigenvalue weighted by molar-refractivity contribution is 0.199. The predicted octanol–water partition coefficient (Wildman–Crippen LogP) is 3.08. The van der Waals surface area contributed by atoms with Crippen molar-refractivity contribution >= 4 is 24.8 Å². The Kier molecular flexibility index (Phi) is 8.20. The third-order valence-electron chi connectivity index (χ3n) is 3.15. The molecule has 0 aliphatic carbocycles. The van der Waals surface area contributed by atoms with Gasteiger partial charge in [0.25, 0.3) is 0 Å². The second kappa shape index (κ2) is 8.52. The van der Waals surface area contributed by atoms with Crippen molar-refractivity contribution in [1.82, 2.24) is 10.2 Å². The van der Waals surface area contributed by atoms with E-state index in [9.17, 15) is 13.2 Å². The molecule has 7 heteroatoms. The molecule has 0 aromatic heterocycles. The van der Waals surface area contributed by atoms with Crippen molar-refractivity contribution in [2.45, 2.75) is 6.04 Å². The maximum Gasteiger partial charge on any atom is 0.194 e. The molecule has 0 amide bonds. The number of nitrogens with one attached hydrogen (secondary N) is 1. The van der Waals surface area contributed by atoms with Crippen LogP contribution in [0.3, 0.4) is 0 Å². The van der Waals surface area contributed by atoms with Gasteiger partial charge in [-0.25, -0.2) is 13.2 Å². The largest absolute Gasteiger partial charge is 0.314 e. The summed E-state index contributed by atoms with van der Waals surface area (Å²) in [6.45, 7) is 6.67. The van der Waals surface area contributed by atoms with Gasteiger partial charge in [0.1, 0.15) is 0 Å². The van der Waals surface area contributed by atoms with Crippen LogP contribution in [0.25, 0.3) is 0 Å². The molecule has 1 N–H and O–H groups in total. The SMILES string of the molecule is C=C[C@@H](c1ccc(F)c(F)c1F)N1CCNCC1.Cl.Cl. The number of piperazine rings is 1. The van der Waals surface area contributed by atoms with Gasteiger partial charge in [0, 0.05) is 31.7 Å². The molecule has 1 aromatic rings. The van der Waals surface area contributed by atoms with Crippen molar-refractivity contribution in [2.24, 2.45) is 0 Å². The van der Waals surface area contributed by atoms with E-state index in [-0.39, 0.29) is 30.4 Å². The molecule has 114 valence electrons. The predicted molar refractivity (Wildman–Crippen MR) is 78.2 cm³/mol. The number of hydrogen-bond donors (Lipinski definition) is 1. The Morgan fingerprint density at radius 3 is 2.25 bits per heavy atom. The fourth-order valence-corrected chi connectivity index (χ4v) is 2.20. The highest BCUT2D eigenvalue weighted by molar-refractivity contribution is 5.85. The molecule has 1 fully saturated rings. The van der Waals surface area contributed by atoms with Crippen molar-refractivity contribution in [3.05, 3.63) is 47.8 Å². The van der Waals surface area contributed by atoms with Crippen molar-refractivity contribution in [3.63, 3.8) is 0 Å². The van der Waals surface area contributed by atoms with Gasteiger partial charge in [-0.15, -0.1) is 31.4 Å².